The number of aromatic nitrogens is 1. The van der Waals surface area contributed by atoms with Gasteiger partial charge in [0.2, 0.25) is 0 Å². The minimum atomic E-state index is -0.194. The van der Waals surface area contributed by atoms with Crippen LogP contribution in [-0.4, -0.2) is 17.1 Å². The van der Waals surface area contributed by atoms with Crippen molar-refractivity contribution in [3.05, 3.63) is 23.5 Å². The number of hydroxylamine groups is 1. The van der Waals surface area contributed by atoms with Gasteiger partial charge in [-0.2, -0.15) is 0 Å². The van der Waals surface area contributed by atoms with Crippen LogP contribution in [0.5, 0.6) is 0 Å². The molecule has 0 atom stereocenters. The molecule has 1 aromatic heterocycles. The average Bonchev–Trinajstić information content (AvgIpc) is 2.44. The third-order valence-corrected chi connectivity index (χ3v) is 1.94. The van der Waals surface area contributed by atoms with Crippen LogP contribution in [0.25, 0.3) is 0 Å². The highest BCUT2D eigenvalue weighted by Crippen LogP contribution is 2.07. The molecule has 1 heterocycles. The fraction of sp³-hybridized carbons (Fsp3) is 0.444. The molecule has 1 aromatic rings. The number of nitrogens with zero attached hydrogens (tertiary/aromatic N) is 1. The maximum Gasteiger partial charge on any atom is 0.276 e. The highest BCUT2D eigenvalue weighted by molar-refractivity contribution is 5.94. The molecule has 4 heteroatoms. The second-order valence-corrected chi connectivity index (χ2v) is 2.79. The van der Waals surface area contributed by atoms with Gasteiger partial charge in [0.1, 0.15) is 0 Å². The number of rotatable bonds is 3. The van der Waals surface area contributed by atoms with Crippen LogP contribution in [0, 0.1) is 6.92 Å². The van der Waals surface area contributed by atoms with Crippen LogP contribution in [0.4, 0.5) is 0 Å². The molecule has 4 nitrogen and oxygen atoms in total. The molecule has 0 bridgehead atoms. The zero-order chi connectivity index (χ0) is 9.84. The van der Waals surface area contributed by atoms with Gasteiger partial charge < -0.3 is 4.57 Å². The number of nitrogens with one attached hydrogen (secondary N) is 1. The topological polar surface area (TPSA) is 43.3 Å². The summed E-state index contributed by atoms with van der Waals surface area (Å²) in [5.74, 6) is -0.194. The van der Waals surface area contributed by atoms with Crippen LogP contribution in [0.3, 0.4) is 0 Å². The molecule has 0 fully saturated rings. The monoisotopic (exact) mass is 182 g/mol. The van der Waals surface area contributed by atoms with Crippen LogP contribution < -0.4 is 5.48 Å². The Morgan fingerprint density at radius 3 is 2.85 bits per heavy atom. The lowest BCUT2D eigenvalue weighted by atomic mass is 10.2. The van der Waals surface area contributed by atoms with E-state index in [9.17, 15) is 4.79 Å². The molecule has 0 spiro atoms. The molecule has 0 aliphatic carbocycles. The number of hydrogen-bond donors (Lipinski definition) is 1. The SMILES string of the molecule is CCONC(=O)c1ccn(C)c1C. The van der Waals surface area contributed by atoms with Gasteiger partial charge in [-0.3, -0.25) is 9.63 Å². The molecule has 1 amide bonds. The second kappa shape index (κ2) is 4.09. The smallest absolute Gasteiger partial charge is 0.276 e. The molecule has 0 unspecified atom stereocenters. The fourth-order valence-corrected chi connectivity index (χ4v) is 1.04. The highest BCUT2D eigenvalue weighted by atomic mass is 16.6. The first-order valence-corrected chi connectivity index (χ1v) is 4.21. The van der Waals surface area contributed by atoms with Crippen LogP contribution in [0.2, 0.25) is 0 Å². The van der Waals surface area contributed by atoms with Crippen LogP contribution in [0.15, 0.2) is 12.3 Å². The Balaban J connectivity index is 2.71. The number of carbonyl (C=O) groups is 1. The molecule has 0 saturated carbocycles. The fourth-order valence-electron chi connectivity index (χ4n) is 1.04. The Hall–Kier alpha value is -1.29. The lowest BCUT2D eigenvalue weighted by Gasteiger charge is -2.03. The van der Waals surface area contributed by atoms with E-state index in [0.717, 1.165) is 5.69 Å². The zero-order valence-electron chi connectivity index (χ0n) is 8.13. The van der Waals surface area contributed by atoms with Gasteiger partial charge in [-0.25, -0.2) is 5.48 Å². The van der Waals surface area contributed by atoms with Crippen molar-refractivity contribution >= 4 is 5.91 Å². The quantitative estimate of drug-likeness (QED) is 0.709. The summed E-state index contributed by atoms with van der Waals surface area (Å²) in [6, 6.07) is 1.77. The van der Waals surface area contributed by atoms with Crippen molar-refractivity contribution in [3.8, 4) is 0 Å². The summed E-state index contributed by atoms with van der Waals surface area (Å²) in [5, 5.41) is 0. The van der Waals surface area contributed by atoms with Gasteiger partial charge in [0.15, 0.2) is 0 Å². The third-order valence-electron chi connectivity index (χ3n) is 1.94. The molecule has 13 heavy (non-hydrogen) atoms. The maximum absolute atomic E-state index is 11.4. The van der Waals surface area contributed by atoms with Gasteiger partial charge in [0.05, 0.1) is 12.2 Å². The molecular formula is C9H14N2O2. The Labute approximate surface area is 77.5 Å². The first kappa shape index (κ1) is 9.80. The molecule has 0 aliphatic rings. The van der Waals surface area contributed by atoms with Crippen LogP contribution >= 0.6 is 0 Å². The van der Waals surface area contributed by atoms with Crippen molar-refractivity contribution in [1.82, 2.24) is 10.0 Å². The van der Waals surface area contributed by atoms with E-state index in [1.54, 1.807) is 6.07 Å². The molecule has 0 aliphatic heterocycles. The minimum Gasteiger partial charge on any atom is -0.354 e. The normalized spacial score (nSPS) is 10.1. The Morgan fingerprint density at radius 2 is 2.38 bits per heavy atom. The Morgan fingerprint density at radius 1 is 1.69 bits per heavy atom. The molecule has 0 aromatic carbocycles. The molecule has 1 N–H and O–H groups in total. The minimum absolute atomic E-state index is 0.194. The summed E-state index contributed by atoms with van der Waals surface area (Å²) in [7, 11) is 1.90. The molecule has 0 radical (unpaired) electrons. The second-order valence-electron chi connectivity index (χ2n) is 2.79. The summed E-state index contributed by atoms with van der Waals surface area (Å²) in [4.78, 5) is 16.2. The average molecular weight is 182 g/mol. The van der Waals surface area contributed by atoms with Crippen molar-refractivity contribution in [2.75, 3.05) is 6.61 Å². The van der Waals surface area contributed by atoms with E-state index in [1.807, 2.05) is 31.7 Å². The highest BCUT2D eigenvalue weighted by Gasteiger charge is 2.10. The molecule has 0 saturated heterocycles. The van der Waals surface area contributed by atoms with E-state index >= 15 is 0 Å². The predicted molar refractivity (Wildman–Crippen MR) is 49.2 cm³/mol. The van der Waals surface area contributed by atoms with E-state index in [1.165, 1.54) is 0 Å². The van der Waals surface area contributed by atoms with Gasteiger partial charge in [0, 0.05) is 18.9 Å². The Kier molecular flexibility index (Phi) is 3.08. The summed E-state index contributed by atoms with van der Waals surface area (Å²) in [6.45, 7) is 4.18. The summed E-state index contributed by atoms with van der Waals surface area (Å²) in [6.07, 6.45) is 1.84. The lowest BCUT2D eigenvalue weighted by molar-refractivity contribution is 0.0364. The van der Waals surface area contributed by atoms with Gasteiger partial charge in [-0.15, -0.1) is 0 Å². The van der Waals surface area contributed by atoms with E-state index in [2.05, 4.69) is 5.48 Å². The number of aryl methyl sites for hydroxylation is 1. The summed E-state index contributed by atoms with van der Waals surface area (Å²) >= 11 is 0. The van der Waals surface area contributed by atoms with Crippen molar-refractivity contribution in [1.29, 1.82) is 0 Å². The van der Waals surface area contributed by atoms with E-state index < -0.39 is 0 Å². The molecule has 1 rings (SSSR count). The van der Waals surface area contributed by atoms with Gasteiger partial charge in [-0.05, 0) is 19.9 Å². The lowest BCUT2D eigenvalue weighted by Crippen LogP contribution is -2.24. The predicted octanol–water partition coefficient (Wildman–Crippen LogP) is 1.01. The largest absolute Gasteiger partial charge is 0.354 e. The third kappa shape index (κ3) is 2.09. The first-order valence-electron chi connectivity index (χ1n) is 4.21. The van der Waals surface area contributed by atoms with Gasteiger partial charge in [-0.1, -0.05) is 0 Å². The number of hydrogen-bond acceptors (Lipinski definition) is 2. The standard InChI is InChI=1S/C9H14N2O2/c1-4-13-10-9(12)8-5-6-11(3)7(8)2/h5-6H,4H2,1-3H3,(H,10,12). The maximum atomic E-state index is 11.4. The van der Waals surface area contributed by atoms with Crippen molar-refractivity contribution in [3.63, 3.8) is 0 Å². The van der Waals surface area contributed by atoms with Crippen molar-refractivity contribution in [2.24, 2.45) is 7.05 Å². The van der Waals surface area contributed by atoms with Gasteiger partial charge in [0.25, 0.3) is 5.91 Å². The summed E-state index contributed by atoms with van der Waals surface area (Å²) < 4.78 is 1.89. The van der Waals surface area contributed by atoms with Crippen LogP contribution in [0.1, 0.15) is 23.0 Å². The molecule has 72 valence electrons. The summed E-state index contributed by atoms with van der Waals surface area (Å²) in [5.41, 5.74) is 3.93. The first-order chi connectivity index (χ1) is 6.16. The molecular weight excluding hydrogens is 168 g/mol. The Bertz CT molecular complexity index is 305. The van der Waals surface area contributed by atoms with Gasteiger partial charge >= 0.3 is 0 Å². The van der Waals surface area contributed by atoms with E-state index in [-0.39, 0.29) is 5.91 Å². The zero-order valence-corrected chi connectivity index (χ0v) is 8.13. The van der Waals surface area contributed by atoms with Crippen LogP contribution in [-0.2, 0) is 11.9 Å². The number of amides is 1. The van der Waals surface area contributed by atoms with Crippen molar-refractivity contribution in [2.45, 2.75) is 13.8 Å². The van der Waals surface area contributed by atoms with E-state index in [4.69, 9.17) is 4.84 Å². The number of carbonyl (C=O) groups excluding carboxylic acids is 1. The van der Waals surface area contributed by atoms with E-state index in [0.29, 0.717) is 12.2 Å². The van der Waals surface area contributed by atoms with Crippen molar-refractivity contribution < 1.29 is 9.63 Å².